The Hall–Kier alpha value is -1.58. The van der Waals surface area contributed by atoms with E-state index in [9.17, 15) is 10.1 Å². The van der Waals surface area contributed by atoms with Crippen LogP contribution >= 0.6 is 0 Å². The minimum Gasteiger partial charge on any atom is -0.393 e. The fourth-order valence-corrected chi connectivity index (χ4v) is 1.68. The summed E-state index contributed by atoms with van der Waals surface area (Å²) in [6, 6.07) is 1.89. The summed E-state index contributed by atoms with van der Waals surface area (Å²) in [6.07, 6.45) is 0.632. The molecule has 0 radical (unpaired) electrons. The Bertz CT molecular complexity index is 386. The van der Waals surface area contributed by atoms with E-state index >= 15 is 0 Å². The number of nitro groups is 1. The predicted octanol–water partition coefficient (Wildman–Crippen LogP) is 2.36. The van der Waals surface area contributed by atoms with Gasteiger partial charge < -0.3 is 5.73 Å². The lowest BCUT2D eigenvalue weighted by atomic mass is 9.99. The number of nitrogens with zero attached hydrogens (tertiary/aromatic N) is 1. The van der Waals surface area contributed by atoms with Crippen LogP contribution in [-0.2, 0) is 6.42 Å². The molecule has 1 aromatic carbocycles. The molecule has 14 heavy (non-hydrogen) atoms. The summed E-state index contributed by atoms with van der Waals surface area (Å²) in [4.78, 5) is 10.4. The Labute approximate surface area is 82.9 Å². The smallest absolute Gasteiger partial charge is 0.295 e. The maximum Gasteiger partial charge on any atom is 0.295 e. The molecular weight excluding hydrogens is 180 g/mol. The van der Waals surface area contributed by atoms with Crippen molar-refractivity contribution in [3.8, 4) is 0 Å². The third-order valence-corrected chi connectivity index (χ3v) is 2.41. The van der Waals surface area contributed by atoms with Crippen molar-refractivity contribution in [3.05, 3.63) is 32.9 Å². The SMILES string of the molecule is CCc1c(C)cc(C)c(N)c1[N+](=O)[O-]. The first-order valence-corrected chi connectivity index (χ1v) is 4.52. The maximum absolute atomic E-state index is 10.8. The topological polar surface area (TPSA) is 69.2 Å². The van der Waals surface area contributed by atoms with Crippen LogP contribution in [0.5, 0.6) is 0 Å². The fourth-order valence-electron chi connectivity index (χ4n) is 1.68. The van der Waals surface area contributed by atoms with E-state index in [4.69, 9.17) is 5.73 Å². The molecule has 0 bridgehead atoms. The second kappa shape index (κ2) is 3.65. The van der Waals surface area contributed by atoms with Crippen molar-refractivity contribution in [3.63, 3.8) is 0 Å². The summed E-state index contributed by atoms with van der Waals surface area (Å²) in [5.41, 5.74) is 8.49. The van der Waals surface area contributed by atoms with Crippen molar-refractivity contribution in [1.82, 2.24) is 0 Å². The number of nitro benzene ring substituents is 1. The van der Waals surface area contributed by atoms with Crippen LogP contribution in [0.3, 0.4) is 0 Å². The van der Waals surface area contributed by atoms with Gasteiger partial charge in [-0.05, 0) is 31.4 Å². The molecule has 0 aliphatic heterocycles. The normalized spacial score (nSPS) is 10.2. The first-order chi connectivity index (χ1) is 6.49. The van der Waals surface area contributed by atoms with Gasteiger partial charge in [-0.1, -0.05) is 13.0 Å². The highest BCUT2D eigenvalue weighted by Gasteiger charge is 2.20. The van der Waals surface area contributed by atoms with Crippen molar-refractivity contribution in [2.75, 3.05) is 5.73 Å². The summed E-state index contributed by atoms with van der Waals surface area (Å²) >= 11 is 0. The van der Waals surface area contributed by atoms with Crippen LogP contribution in [-0.4, -0.2) is 4.92 Å². The standard InChI is InChI=1S/C10H14N2O2/c1-4-8-6(2)5-7(3)9(11)10(8)12(13)14/h5H,4,11H2,1-3H3. The van der Waals surface area contributed by atoms with E-state index in [0.717, 1.165) is 16.7 Å². The second-order valence-electron chi connectivity index (χ2n) is 3.36. The highest BCUT2D eigenvalue weighted by molar-refractivity contribution is 5.68. The summed E-state index contributed by atoms with van der Waals surface area (Å²) in [7, 11) is 0. The van der Waals surface area contributed by atoms with E-state index in [1.807, 2.05) is 19.9 Å². The second-order valence-corrected chi connectivity index (χ2v) is 3.36. The van der Waals surface area contributed by atoms with Crippen molar-refractivity contribution in [2.24, 2.45) is 0 Å². The Kier molecular flexibility index (Phi) is 2.74. The van der Waals surface area contributed by atoms with Crippen molar-refractivity contribution < 1.29 is 4.92 Å². The van der Waals surface area contributed by atoms with Gasteiger partial charge in [0, 0.05) is 5.56 Å². The number of nitrogen functional groups attached to an aromatic ring is 1. The minimum atomic E-state index is -0.395. The molecule has 0 aromatic heterocycles. The zero-order chi connectivity index (χ0) is 10.9. The third-order valence-electron chi connectivity index (χ3n) is 2.41. The zero-order valence-corrected chi connectivity index (χ0v) is 8.63. The van der Waals surface area contributed by atoms with Gasteiger partial charge >= 0.3 is 0 Å². The van der Waals surface area contributed by atoms with Crippen LogP contribution in [0.25, 0.3) is 0 Å². The van der Waals surface area contributed by atoms with Crippen molar-refractivity contribution in [1.29, 1.82) is 0 Å². The third kappa shape index (κ3) is 1.55. The molecule has 0 spiro atoms. The van der Waals surface area contributed by atoms with Gasteiger partial charge in [0.25, 0.3) is 5.69 Å². The molecule has 0 aliphatic rings. The number of anilines is 1. The molecule has 0 saturated carbocycles. The van der Waals surface area contributed by atoms with Crippen LogP contribution in [0, 0.1) is 24.0 Å². The van der Waals surface area contributed by atoms with Gasteiger partial charge in [0.15, 0.2) is 0 Å². The first kappa shape index (κ1) is 10.5. The van der Waals surface area contributed by atoms with Gasteiger partial charge in [0.1, 0.15) is 5.69 Å². The maximum atomic E-state index is 10.8. The molecule has 0 amide bonds. The van der Waals surface area contributed by atoms with Crippen molar-refractivity contribution >= 4 is 11.4 Å². The van der Waals surface area contributed by atoms with E-state index in [2.05, 4.69) is 0 Å². The lowest BCUT2D eigenvalue weighted by molar-refractivity contribution is -0.384. The minimum absolute atomic E-state index is 0.0741. The molecule has 1 aromatic rings. The Morgan fingerprint density at radius 3 is 2.43 bits per heavy atom. The van der Waals surface area contributed by atoms with Gasteiger partial charge in [-0.2, -0.15) is 0 Å². The molecule has 4 nitrogen and oxygen atoms in total. The van der Waals surface area contributed by atoms with Crippen LogP contribution in [0.15, 0.2) is 6.07 Å². The van der Waals surface area contributed by atoms with E-state index in [0.29, 0.717) is 6.42 Å². The average molecular weight is 194 g/mol. The lowest BCUT2D eigenvalue weighted by Gasteiger charge is -2.09. The zero-order valence-electron chi connectivity index (χ0n) is 8.63. The van der Waals surface area contributed by atoms with Gasteiger partial charge in [-0.15, -0.1) is 0 Å². The van der Waals surface area contributed by atoms with Crippen LogP contribution in [0.1, 0.15) is 23.6 Å². The fraction of sp³-hybridized carbons (Fsp3) is 0.400. The van der Waals surface area contributed by atoms with Crippen LogP contribution in [0.2, 0.25) is 0 Å². The Morgan fingerprint density at radius 1 is 1.43 bits per heavy atom. The Balaban J connectivity index is 3.56. The summed E-state index contributed by atoms with van der Waals surface area (Å²) < 4.78 is 0. The highest BCUT2D eigenvalue weighted by atomic mass is 16.6. The Morgan fingerprint density at radius 2 is 2.00 bits per heavy atom. The van der Waals surface area contributed by atoms with E-state index in [1.165, 1.54) is 0 Å². The molecular formula is C10H14N2O2. The quantitative estimate of drug-likeness (QED) is 0.446. The van der Waals surface area contributed by atoms with E-state index in [-0.39, 0.29) is 11.4 Å². The first-order valence-electron chi connectivity index (χ1n) is 4.52. The van der Waals surface area contributed by atoms with Gasteiger partial charge in [0.05, 0.1) is 4.92 Å². The lowest BCUT2D eigenvalue weighted by Crippen LogP contribution is -2.04. The monoisotopic (exact) mass is 194 g/mol. The number of nitrogens with two attached hydrogens (primary N) is 1. The summed E-state index contributed by atoms with van der Waals surface area (Å²) in [5, 5.41) is 10.8. The molecule has 0 atom stereocenters. The molecule has 4 heteroatoms. The largest absolute Gasteiger partial charge is 0.393 e. The number of benzene rings is 1. The molecule has 0 fully saturated rings. The van der Waals surface area contributed by atoms with Crippen LogP contribution < -0.4 is 5.73 Å². The van der Waals surface area contributed by atoms with Gasteiger partial charge in [-0.25, -0.2) is 0 Å². The molecule has 0 saturated heterocycles. The predicted molar refractivity (Wildman–Crippen MR) is 56.4 cm³/mol. The molecule has 0 heterocycles. The van der Waals surface area contributed by atoms with Crippen molar-refractivity contribution in [2.45, 2.75) is 27.2 Å². The molecule has 0 unspecified atom stereocenters. The average Bonchev–Trinajstić information content (AvgIpc) is 2.10. The molecule has 0 aliphatic carbocycles. The van der Waals surface area contributed by atoms with Crippen LogP contribution in [0.4, 0.5) is 11.4 Å². The molecule has 76 valence electrons. The number of aryl methyl sites for hydroxylation is 2. The number of hydrogen-bond acceptors (Lipinski definition) is 3. The summed E-state index contributed by atoms with van der Waals surface area (Å²) in [5.74, 6) is 0. The number of hydrogen-bond donors (Lipinski definition) is 1. The summed E-state index contributed by atoms with van der Waals surface area (Å²) in [6.45, 7) is 5.55. The number of rotatable bonds is 2. The van der Waals surface area contributed by atoms with Gasteiger partial charge in [0.2, 0.25) is 0 Å². The van der Waals surface area contributed by atoms with E-state index < -0.39 is 4.92 Å². The highest BCUT2D eigenvalue weighted by Crippen LogP contribution is 2.32. The van der Waals surface area contributed by atoms with E-state index in [1.54, 1.807) is 6.92 Å². The molecule has 2 N–H and O–H groups in total. The molecule has 1 rings (SSSR count). The van der Waals surface area contributed by atoms with Gasteiger partial charge in [-0.3, -0.25) is 10.1 Å².